The van der Waals surface area contributed by atoms with Crippen LogP contribution in [0, 0.1) is 22.7 Å². The summed E-state index contributed by atoms with van der Waals surface area (Å²) in [5.41, 5.74) is 1.41. The number of hydrogen-bond donors (Lipinski definition) is 0. The van der Waals surface area contributed by atoms with Crippen molar-refractivity contribution < 1.29 is 0 Å². The van der Waals surface area contributed by atoms with Gasteiger partial charge in [0.1, 0.15) is 0 Å². The van der Waals surface area contributed by atoms with Gasteiger partial charge in [-0.15, -0.1) is 0 Å². The van der Waals surface area contributed by atoms with Gasteiger partial charge in [-0.3, -0.25) is 0 Å². The van der Waals surface area contributed by atoms with Gasteiger partial charge in [-0.05, 0) is 67.6 Å². The predicted molar refractivity (Wildman–Crippen MR) is 70.7 cm³/mol. The molecule has 4 rings (SSSR count). The van der Waals surface area contributed by atoms with E-state index in [0.29, 0.717) is 5.41 Å². The summed E-state index contributed by atoms with van der Waals surface area (Å²) in [6.07, 6.45) is 10.9. The molecular weight excluding hydrogens is 212 g/mol. The zero-order chi connectivity index (χ0) is 11.0. The van der Waals surface area contributed by atoms with Crippen LogP contribution in [0.3, 0.4) is 0 Å². The Morgan fingerprint density at radius 2 is 1.75 bits per heavy atom. The minimum absolute atomic E-state index is 0.662. The van der Waals surface area contributed by atoms with Gasteiger partial charge in [0.05, 0.1) is 0 Å². The van der Waals surface area contributed by atoms with Crippen molar-refractivity contribution >= 4 is 11.8 Å². The summed E-state index contributed by atoms with van der Waals surface area (Å²) in [5.74, 6) is 2.17. The van der Waals surface area contributed by atoms with Crippen molar-refractivity contribution in [3.05, 3.63) is 0 Å². The molecule has 16 heavy (non-hydrogen) atoms. The lowest BCUT2D eigenvalue weighted by molar-refractivity contribution is 0.104. The summed E-state index contributed by atoms with van der Waals surface area (Å²) in [5, 5.41) is 2.11. The van der Waals surface area contributed by atoms with Gasteiger partial charge in [0.25, 0.3) is 0 Å². The Labute approximate surface area is 104 Å². The van der Waals surface area contributed by atoms with E-state index in [0.717, 1.165) is 27.8 Å². The summed E-state index contributed by atoms with van der Waals surface area (Å²) in [6.45, 7) is 5.20. The predicted octanol–water partition coefficient (Wildman–Crippen LogP) is 4.49. The Morgan fingerprint density at radius 3 is 2.19 bits per heavy atom. The highest BCUT2D eigenvalue weighted by Gasteiger charge is 2.65. The third-order valence-corrected chi connectivity index (χ3v) is 8.86. The molecule has 0 spiro atoms. The second-order valence-electron chi connectivity index (χ2n) is 7.40. The standard InChI is InChI=1S/C15H24S/c1-14(2)11-5-7-15(14,8-6-11)13-10-3-4-12(9-10)16-13/h10-13H,3-9H2,1-2H3/t10-,11?,12+,13+,15?/m1/s1. The van der Waals surface area contributed by atoms with E-state index >= 15 is 0 Å². The number of thioether (sulfide) groups is 1. The van der Waals surface area contributed by atoms with Gasteiger partial charge >= 0.3 is 0 Å². The summed E-state index contributed by atoms with van der Waals surface area (Å²) < 4.78 is 0. The van der Waals surface area contributed by atoms with Crippen molar-refractivity contribution in [1.82, 2.24) is 0 Å². The Morgan fingerprint density at radius 1 is 1.00 bits per heavy atom. The van der Waals surface area contributed by atoms with Crippen LogP contribution < -0.4 is 0 Å². The first-order valence-electron chi connectivity index (χ1n) is 7.29. The van der Waals surface area contributed by atoms with Gasteiger partial charge in [0.2, 0.25) is 0 Å². The Hall–Kier alpha value is 0.350. The van der Waals surface area contributed by atoms with Crippen molar-refractivity contribution in [3.8, 4) is 0 Å². The normalized spacial score (nSPS) is 57.4. The number of rotatable bonds is 1. The molecule has 0 N–H and O–H groups in total. The molecule has 0 aromatic carbocycles. The molecule has 1 saturated heterocycles. The molecule has 0 radical (unpaired) electrons. The first-order valence-corrected chi connectivity index (χ1v) is 8.23. The fourth-order valence-electron chi connectivity index (χ4n) is 5.83. The smallest absolute Gasteiger partial charge is 0.0140 e. The van der Waals surface area contributed by atoms with Crippen LogP contribution in [0.25, 0.3) is 0 Å². The first kappa shape index (κ1) is 10.3. The van der Waals surface area contributed by atoms with Gasteiger partial charge in [0.15, 0.2) is 0 Å². The fraction of sp³-hybridized carbons (Fsp3) is 1.00. The van der Waals surface area contributed by atoms with E-state index in [2.05, 4.69) is 25.6 Å². The Bertz CT molecular complexity index is 311. The highest BCUT2D eigenvalue weighted by atomic mass is 32.2. The van der Waals surface area contributed by atoms with Crippen LogP contribution >= 0.6 is 11.8 Å². The van der Waals surface area contributed by atoms with Gasteiger partial charge in [0, 0.05) is 10.5 Å². The molecule has 1 heterocycles. The van der Waals surface area contributed by atoms with Crippen molar-refractivity contribution in [3.63, 3.8) is 0 Å². The lowest BCUT2D eigenvalue weighted by Gasteiger charge is -2.46. The number of fused-ring (bicyclic) bond motifs is 4. The zero-order valence-electron chi connectivity index (χ0n) is 10.7. The summed E-state index contributed by atoms with van der Waals surface area (Å²) >= 11 is 2.41. The van der Waals surface area contributed by atoms with E-state index < -0.39 is 0 Å². The van der Waals surface area contributed by atoms with E-state index in [9.17, 15) is 0 Å². The molecular formula is C15H24S. The highest BCUT2D eigenvalue weighted by Crippen LogP contribution is 2.72. The van der Waals surface area contributed by atoms with Crippen LogP contribution in [0.4, 0.5) is 0 Å². The molecule has 0 amide bonds. The molecule has 90 valence electrons. The van der Waals surface area contributed by atoms with Crippen LogP contribution in [0.5, 0.6) is 0 Å². The van der Waals surface area contributed by atoms with Crippen molar-refractivity contribution in [2.24, 2.45) is 22.7 Å². The molecule has 0 aromatic heterocycles. The van der Waals surface area contributed by atoms with E-state index in [1.54, 1.807) is 38.5 Å². The first-order chi connectivity index (χ1) is 7.63. The quantitative estimate of drug-likeness (QED) is 0.646. The fourth-order valence-corrected chi connectivity index (χ4v) is 8.14. The van der Waals surface area contributed by atoms with Crippen LogP contribution in [-0.4, -0.2) is 10.5 Å². The lowest BCUT2D eigenvalue weighted by Crippen LogP contribution is -2.42. The average molecular weight is 236 g/mol. The summed E-state index contributed by atoms with van der Waals surface area (Å²) in [7, 11) is 0. The molecule has 3 saturated carbocycles. The van der Waals surface area contributed by atoms with Crippen LogP contribution in [-0.2, 0) is 0 Å². The minimum Gasteiger partial charge on any atom is -0.154 e. The number of hydrogen-bond acceptors (Lipinski definition) is 1. The average Bonchev–Trinajstić information content (AvgIpc) is 2.99. The van der Waals surface area contributed by atoms with Crippen molar-refractivity contribution in [1.29, 1.82) is 0 Å². The second-order valence-corrected chi connectivity index (χ2v) is 8.85. The Balaban J connectivity index is 1.71. The van der Waals surface area contributed by atoms with E-state index in [1.807, 2.05) is 0 Å². The van der Waals surface area contributed by atoms with Gasteiger partial charge in [-0.2, -0.15) is 11.8 Å². The molecule has 4 aliphatic rings. The topological polar surface area (TPSA) is 0 Å². The molecule has 3 atom stereocenters. The molecule has 0 unspecified atom stereocenters. The molecule has 3 aliphatic carbocycles. The highest BCUT2D eigenvalue weighted by molar-refractivity contribution is 8.00. The molecule has 4 bridgehead atoms. The molecule has 1 heteroatoms. The third-order valence-electron chi connectivity index (χ3n) is 6.92. The maximum atomic E-state index is 2.60. The molecule has 0 nitrogen and oxygen atoms in total. The SMILES string of the molecule is CC1(C)C2CCC1([C@H]1S[C@H]3CC[C@@H]1C3)CC2. The van der Waals surface area contributed by atoms with Gasteiger partial charge < -0.3 is 0 Å². The largest absolute Gasteiger partial charge is 0.154 e. The molecule has 0 aromatic rings. The molecule has 4 fully saturated rings. The van der Waals surface area contributed by atoms with Crippen LogP contribution in [0.15, 0.2) is 0 Å². The molecule has 1 aliphatic heterocycles. The van der Waals surface area contributed by atoms with Crippen LogP contribution in [0.1, 0.15) is 58.8 Å². The maximum absolute atomic E-state index is 2.60. The summed E-state index contributed by atoms with van der Waals surface area (Å²) in [4.78, 5) is 0. The Kier molecular flexibility index (Phi) is 1.94. The maximum Gasteiger partial charge on any atom is 0.0140 e. The third kappa shape index (κ3) is 1.01. The minimum atomic E-state index is 0.662. The van der Waals surface area contributed by atoms with Crippen LogP contribution in [0.2, 0.25) is 0 Å². The van der Waals surface area contributed by atoms with Crippen molar-refractivity contribution in [2.75, 3.05) is 0 Å². The van der Waals surface area contributed by atoms with E-state index in [1.165, 1.54) is 6.42 Å². The lowest BCUT2D eigenvalue weighted by atomic mass is 9.64. The van der Waals surface area contributed by atoms with Gasteiger partial charge in [-0.1, -0.05) is 13.8 Å². The monoisotopic (exact) mass is 236 g/mol. The van der Waals surface area contributed by atoms with Gasteiger partial charge in [-0.25, -0.2) is 0 Å². The van der Waals surface area contributed by atoms with E-state index in [4.69, 9.17) is 0 Å². The zero-order valence-corrected chi connectivity index (χ0v) is 11.5. The van der Waals surface area contributed by atoms with Crippen molar-refractivity contribution in [2.45, 2.75) is 69.3 Å². The second kappa shape index (κ2) is 3.02. The summed E-state index contributed by atoms with van der Waals surface area (Å²) in [6, 6.07) is 0. The van der Waals surface area contributed by atoms with E-state index in [-0.39, 0.29) is 0 Å².